The standard InChI is InChI=1S/C19H23O5PS/c1-3-19(2,15-12-8-5-9-13-15)16(25)17(20)24-18(26(21,22)23)14-10-6-4-7-11-14/h4-13,16,18H,3,25H2,1-2H3,(H,21,22,23). The topological polar surface area (TPSA) is 80.7 Å². The normalized spacial score (nSPS) is 16.3. The van der Waals surface area contributed by atoms with E-state index in [-0.39, 0.29) is 5.56 Å². The van der Waals surface area contributed by atoms with Crippen LogP contribution in [0.2, 0.25) is 0 Å². The highest BCUT2D eigenvalue weighted by molar-refractivity contribution is 7.85. The minimum Gasteiger partial charge on any atom is -0.438 e. The van der Waals surface area contributed by atoms with Crippen LogP contribution < -0.4 is 0 Å². The largest absolute Gasteiger partial charge is 0.438 e. The quantitative estimate of drug-likeness (QED) is 0.440. The Bertz CT molecular complexity index is 839. The van der Waals surface area contributed by atoms with Crippen molar-refractivity contribution in [2.75, 3.05) is 0 Å². The molecule has 140 valence electrons. The van der Waals surface area contributed by atoms with E-state index in [0.29, 0.717) is 6.42 Å². The van der Waals surface area contributed by atoms with Gasteiger partial charge in [-0.3, -0.25) is 9.35 Å². The van der Waals surface area contributed by atoms with Crippen molar-refractivity contribution in [2.24, 2.45) is 0 Å². The Kier molecular flexibility index (Phi) is 6.56. The Morgan fingerprint density at radius 1 is 1.12 bits per heavy atom. The number of hydrogen-bond acceptors (Lipinski definition) is 4. The molecule has 0 amide bonds. The second-order valence-electron chi connectivity index (χ2n) is 6.31. The summed E-state index contributed by atoms with van der Waals surface area (Å²) in [4.78, 5) is 12.7. The summed E-state index contributed by atoms with van der Waals surface area (Å²) in [5, 5.41) is 0. The molecule has 5 nitrogen and oxygen atoms in total. The fourth-order valence-electron chi connectivity index (χ4n) is 2.77. The molecule has 0 heterocycles. The van der Waals surface area contributed by atoms with E-state index in [1.54, 1.807) is 18.2 Å². The molecule has 0 fully saturated rings. The van der Waals surface area contributed by atoms with E-state index < -0.39 is 32.6 Å². The molecule has 1 N–H and O–H groups in total. The van der Waals surface area contributed by atoms with Crippen molar-refractivity contribution in [3.05, 3.63) is 71.8 Å². The number of carbonyl (C=O) groups is 1. The third-order valence-corrected chi connectivity index (χ3v) is 6.59. The lowest BCUT2D eigenvalue weighted by molar-refractivity contribution is -0.146. The third kappa shape index (κ3) is 4.50. The molecule has 4 atom stereocenters. The van der Waals surface area contributed by atoms with Crippen LogP contribution in [0.5, 0.6) is 0 Å². The van der Waals surface area contributed by atoms with Crippen molar-refractivity contribution in [1.29, 1.82) is 0 Å². The predicted molar refractivity (Wildman–Crippen MR) is 104 cm³/mol. The molecule has 7 heteroatoms. The molecule has 0 aliphatic rings. The molecular weight excluding hydrogens is 371 g/mol. The smallest absolute Gasteiger partial charge is 0.315 e. The number of rotatable bonds is 7. The van der Waals surface area contributed by atoms with Gasteiger partial charge >= 0.3 is 16.1 Å². The molecule has 26 heavy (non-hydrogen) atoms. The van der Waals surface area contributed by atoms with Gasteiger partial charge in [-0.05, 0) is 12.0 Å². The molecule has 4 unspecified atom stereocenters. The molecular formula is C19H23O5PS. The van der Waals surface area contributed by atoms with E-state index in [2.05, 4.69) is 9.24 Å². The summed E-state index contributed by atoms with van der Waals surface area (Å²) >= 11 is 0. The number of ether oxygens (including phenoxy) is 1. The van der Waals surface area contributed by atoms with Gasteiger partial charge in [-0.2, -0.15) is 8.42 Å². The first-order chi connectivity index (χ1) is 12.2. The lowest BCUT2D eigenvalue weighted by atomic mass is 9.77. The van der Waals surface area contributed by atoms with Gasteiger partial charge in [0.25, 0.3) is 5.44 Å². The van der Waals surface area contributed by atoms with Gasteiger partial charge in [0.1, 0.15) is 0 Å². The summed E-state index contributed by atoms with van der Waals surface area (Å²) in [7, 11) is -2.16. The maximum absolute atomic E-state index is 12.7. The second-order valence-corrected chi connectivity index (χ2v) is 8.43. The van der Waals surface area contributed by atoms with E-state index in [9.17, 15) is 17.8 Å². The van der Waals surface area contributed by atoms with Crippen LogP contribution in [0.15, 0.2) is 60.7 Å². The average Bonchev–Trinajstić information content (AvgIpc) is 2.65. The van der Waals surface area contributed by atoms with Gasteiger partial charge in [0.05, 0.1) is 5.66 Å². The summed E-state index contributed by atoms with van der Waals surface area (Å²) in [5.41, 5.74) is -1.87. The highest BCUT2D eigenvalue weighted by atomic mass is 32.2. The molecule has 2 aromatic carbocycles. The molecule has 0 aromatic heterocycles. The minimum atomic E-state index is -4.62. The number of esters is 1. The molecule has 0 saturated carbocycles. The van der Waals surface area contributed by atoms with Gasteiger partial charge < -0.3 is 4.74 Å². The Hall–Kier alpha value is -1.75. The summed E-state index contributed by atoms with van der Waals surface area (Å²) in [5.74, 6) is -0.713. The SMILES string of the molecule is CCC(C)(c1ccccc1)C(P)C(=O)OC(c1ccccc1)S(=O)(=O)O. The number of benzene rings is 2. The summed E-state index contributed by atoms with van der Waals surface area (Å²) in [6.45, 7) is 3.88. The van der Waals surface area contributed by atoms with Crippen LogP contribution in [0.25, 0.3) is 0 Å². The zero-order valence-electron chi connectivity index (χ0n) is 14.7. The van der Waals surface area contributed by atoms with Crippen LogP contribution in [-0.2, 0) is 25.1 Å². The second kappa shape index (κ2) is 8.30. The van der Waals surface area contributed by atoms with E-state index in [4.69, 9.17) is 4.74 Å². The van der Waals surface area contributed by atoms with Crippen molar-refractivity contribution in [3.63, 3.8) is 0 Å². The Labute approximate surface area is 156 Å². The van der Waals surface area contributed by atoms with Gasteiger partial charge in [0.2, 0.25) is 0 Å². The minimum absolute atomic E-state index is 0.193. The molecule has 2 rings (SSSR count). The van der Waals surface area contributed by atoms with Crippen LogP contribution in [0.4, 0.5) is 0 Å². The zero-order valence-corrected chi connectivity index (χ0v) is 16.7. The monoisotopic (exact) mass is 394 g/mol. The van der Waals surface area contributed by atoms with E-state index in [1.165, 1.54) is 12.1 Å². The highest BCUT2D eigenvalue weighted by Gasteiger charge is 2.40. The van der Waals surface area contributed by atoms with Gasteiger partial charge in [-0.25, -0.2) is 0 Å². The fourth-order valence-corrected chi connectivity index (χ4v) is 4.00. The van der Waals surface area contributed by atoms with Crippen LogP contribution in [0.3, 0.4) is 0 Å². The molecule has 0 spiro atoms. The summed E-state index contributed by atoms with van der Waals surface area (Å²) in [6.07, 6.45) is 0.641. The van der Waals surface area contributed by atoms with E-state index >= 15 is 0 Å². The maximum atomic E-state index is 12.7. The van der Waals surface area contributed by atoms with Crippen LogP contribution in [0, 0.1) is 0 Å². The first kappa shape index (κ1) is 20.6. The van der Waals surface area contributed by atoms with Crippen molar-refractivity contribution < 1.29 is 22.5 Å². The van der Waals surface area contributed by atoms with Gasteiger partial charge in [-0.1, -0.05) is 74.5 Å². The Morgan fingerprint density at radius 3 is 2.08 bits per heavy atom. The van der Waals surface area contributed by atoms with Gasteiger partial charge in [0, 0.05) is 11.0 Å². The highest BCUT2D eigenvalue weighted by Crippen LogP contribution is 2.37. The van der Waals surface area contributed by atoms with Crippen molar-refractivity contribution >= 4 is 25.3 Å². The first-order valence-corrected chi connectivity index (χ1v) is 10.4. The molecule has 2 aromatic rings. The van der Waals surface area contributed by atoms with Gasteiger partial charge in [-0.15, -0.1) is 9.24 Å². The van der Waals surface area contributed by atoms with Crippen LogP contribution in [0.1, 0.15) is 36.8 Å². The van der Waals surface area contributed by atoms with Gasteiger partial charge in [0.15, 0.2) is 0 Å². The lowest BCUT2D eigenvalue weighted by Gasteiger charge is -2.34. The van der Waals surface area contributed by atoms with Crippen molar-refractivity contribution in [2.45, 2.75) is 36.8 Å². The summed E-state index contributed by atoms with van der Waals surface area (Å²) < 4.78 is 38.3. The molecule has 0 saturated heterocycles. The molecule has 0 aliphatic carbocycles. The molecule has 0 aliphatic heterocycles. The average molecular weight is 394 g/mol. The number of carbonyl (C=O) groups excluding carboxylic acids is 1. The Morgan fingerprint density at radius 2 is 1.62 bits per heavy atom. The van der Waals surface area contributed by atoms with Crippen molar-refractivity contribution in [3.8, 4) is 0 Å². The summed E-state index contributed by atoms with van der Waals surface area (Å²) in [6, 6.07) is 17.4. The molecule has 0 bridgehead atoms. The molecule has 0 radical (unpaired) electrons. The number of hydrogen-bond donors (Lipinski definition) is 1. The van der Waals surface area contributed by atoms with E-state index in [1.807, 2.05) is 44.2 Å². The Balaban J connectivity index is 2.31. The first-order valence-electron chi connectivity index (χ1n) is 8.23. The van der Waals surface area contributed by atoms with Crippen LogP contribution >= 0.6 is 9.24 Å². The lowest BCUT2D eigenvalue weighted by Crippen LogP contribution is -2.39. The maximum Gasteiger partial charge on any atom is 0.315 e. The fraction of sp³-hybridized carbons (Fsp3) is 0.316. The predicted octanol–water partition coefficient (Wildman–Crippen LogP) is 3.73. The van der Waals surface area contributed by atoms with Crippen molar-refractivity contribution in [1.82, 2.24) is 0 Å². The zero-order chi connectivity index (χ0) is 19.4. The van der Waals surface area contributed by atoms with Crippen LogP contribution in [-0.4, -0.2) is 24.6 Å². The van der Waals surface area contributed by atoms with E-state index in [0.717, 1.165) is 5.56 Å². The third-order valence-electron chi connectivity index (χ3n) is 4.67.